The van der Waals surface area contributed by atoms with Gasteiger partial charge in [-0.1, -0.05) is 40.7 Å². The van der Waals surface area contributed by atoms with Crippen molar-refractivity contribution in [1.29, 1.82) is 0 Å². The van der Waals surface area contributed by atoms with Crippen LogP contribution >= 0.6 is 0 Å². The molecule has 0 fully saturated rings. The molecule has 3 unspecified atom stereocenters. The fourth-order valence-electron chi connectivity index (χ4n) is 3.04. The molecule has 1 aromatic rings. The lowest BCUT2D eigenvalue weighted by Crippen LogP contribution is -2.42. The van der Waals surface area contributed by atoms with Crippen LogP contribution in [0.25, 0.3) is 0 Å². The molecule has 0 aliphatic carbocycles. The maximum Gasteiger partial charge on any atom is 0.508 e. The van der Waals surface area contributed by atoms with Crippen molar-refractivity contribution in [3.8, 4) is 11.5 Å². The highest BCUT2D eigenvalue weighted by atomic mass is 16.7. The minimum Gasteiger partial charge on any atom is -0.480 e. The van der Waals surface area contributed by atoms with Crippen LogP contribution in [0.5, 0.6) is 11.5 Å². The third-order valence-electron chi connectivity index (χ3n) is 5.24. The summed E-state index contributed by atoms with van der Waals surface area (Å²) in [5.41, 5.74) is 6.42. The summed E-state index contributed by atoms with van der Waals surface area (Å²) in [6, 6.07) is 3.01. The van der Waals surface area contributed by atoms with Crippen LogP contribution in [0.3, 0.4) is 0 Å². The van der Waals surface area contributed by atoms with Gasteiger partial charge in [-0.2, -0.15) is 0 Å². The number of carboxylic acids is 1. The molecule has 3 N–H and O–H groups in total. The lowest BCUT2D eigenvalue weighted by Gasteiger charge is -2.31. The van der Waals surface area contributed by atoms with E-state index in [2.05, 4.69) is 0 Å². The smallest absolute Gasteiger partial charge is 0.480 e. The quantitative estimate of drug-likeness (QED) is 0.355. The van der Waals surface area contributed by atoms with E-state index in [4.69, 9.17) is 24.7 Å². The van der Waals surface area contributed by atoms with Crippen molar-refractivity contribution >= 4 is 24.1 Å². The van der Waals surface area contributed by atoms with E-state index in [0.717, 1.165) is 0 Å². The zero-order valence-electron chi connectivity index (χ0n) is 20.7. The maximum atomic E-state index is 12.3. The van der Waals surface area contributed by atoms with Gasteiger partial charge in [-0.15, -0.1) is 0 Å². The van der Waals surface area contributed by atoms with Crippen LogP contribution in [-0.2, 0) is 23.9 Å². The molecule has 1 aromatic carbocycles. The van der Waals surface area contributed by atoms with Gasteiger partial charge < -0.3 is 29.8 Å². The summed E-state index contributed by atoms with van der Waals surface area (Å²) in [5.74, 6) is -4.71. The maximum absolute atomic E-state index is 12.3. The van der Waals surface area contributed by atoms with Gasteiger partial charge in [0.2, 0.25) is 0 Å². The molecule has 0 saturated carbocycles. The van der Waals surface area contributed by atoms with E-state index in [1.807, 2.05) is 0 Å². The Morgan fingerprint density at radius 1 is 0.912 bits per heavy atom. The average molecular weight is 482 g/mol. The number of hydrogen-bond donors (Lipinski definition) is 2. The molecule has 0 amide bonds. The van der Waals surface area contributed by atoms with Crippen LogP contribution < -0.4 is 15.2 Å². The van der Waals surface area contributed by atoms with E-state index in [1.165, 1.54) is 18.2 Å². The monoisotopic (exact) mass is 481 g/mol. The van der Waals surface area contributed by atoms with E-state index in [0.29, 0.717) is 5.56 Å². The molecule has 0 radical (unpaired) electrons. The van der Waals surface area contributed by atoms with Crippen LogP contribution in [0.4, 0.5) is 4.79 Å². The predicted octanol–water partition coefficient (Wildman–Crippen LogP) is 3.50. The Balaban J connectivity index is 3.47. The second kappa shape index (κ2) is 12.9. The summed E-state index contributed by atoms with van der Waals surface area (Å²) in [7, 11) is 0. The van der Waals surface area contributed by atoms with Gasteiger partial charge in [-0.3, -0.25) is 14.4 Å². The zero-order chi connectivity index (χ0) is 26.2. The second-order valence-corrected chi connectivity index (χ2v) is 8.61. The number of hydrogen-bond acceptors (Lipinski definition) is 9. The van der Waals surface area contributed by atoms with Gasteiger partial charge in [0.05, 0.1) is 18.4 Å². The number of aliphatic carboxylic acids is 1. The predicted molar refractivity (Wildman–Crippen MR) is 122 cm³/mol. The number of carbonyl (C=O) groups is 4. The van der Waals surface area contributed by atoms with Gasteiger partial charge in [-0.25, -0.2) is 4.79 Å². The van der Waals surface area contributed by atoms with E-state index in [-0.39, 0.29) is 18.1 Å². The van der Waals surface area contributed by atoms with Gasteiger partial charge in [0.1, 0.15) is 12.1 Å². The molecule has 4 atom stereocenters. The lowest BCUT2D eigenvalue weighted by atomic mass is 9.79. The molecule has 0 aromatic heterocycles. The molecule has 34 heavy (non-hydrogen) atoms. The fraction of sp³-hybridized carbons (Fsp3) is 0.583. The first kappa shape index (κ1) is 28.9. The number of nitrogens with two attached hydrogens (primary N) is 1. The SMILES string of the molecule is CCOC(=O)OC(C)C(C)C(c1ccc(OC(=O)C(C)C)c(OC(=O)C(C)C)c1)[C@H](N)C(=O)O. The van der Waals surface area contributed by atoms with Crippen molar-refractivity contribution in [2.75, 3.05) is 6.61 Å². The van der Waals surface area contributed by atoms with Gasteiger partial charge in [-0.05, 0) is 31.5 Å². The Labute approximate surface area is 199 Å². The molecule has 0 heterocycles. The number of rotatable bonds is 11. The van der Waals surface area contributed by atoms with Crippen LogP contribution in [0, 0.1) is 17.8 Å². The van der Waals surface area contributed by atoms with Crippen LogP contribution in [0.1, 0.15) is 59.9 Å². The minimum atomic E-state index is -1.37. The topological polar surface area (TPSA) is 151 Å². The fourth-order valence-corrected chi connectivity index (χ4v) is 3.04. The third kappa shape index (κ3) is 8.02. The molecule has 10 heteroatoms. The van der Waals surface area contributed by atoms with Gasteiger partial charge in [0, 0.05) is 11.8 Å². The standard InChI is InChI=1S/C24H35NO9/c1-8-31-24(30)32-15(7)14(6)19(20(25)21(26)27)16-9-10-17(33-22(28)12(2)3)18(11-16)34-23(29)13(4)5/h9-15,19-20H,8,25H2,1-7H3,(H,26,27)/t14?,15?,19?,20-/m0/s1. The Morgan fingerprint density at radius 2 is 1.44 bits per heavy atom. The van der Waals surface area contributed by atoms with Crippen molar-refractivity contribution in [2.45, 2.75) is 66.5 Å². The van der Waals surface area contributed by atoms with Crippen LogP contribution in [0.2, 0.25) is 0 Å². The van der Waals surface area contributed by atoms with Crippen molar-refractivity contribution in [3.05, 3.63) is 23.8 Å². The largest absolute Gasteiger partial charge is 0.508 e. The first-order valence-electron chi connectivity index (χ1n) is 11.2. The van der Waals surface area contributed by atoms with Crippen LogP contribution in [-0.4, -0.2) is 47.9 Å². The summed E-state index contributed by atoms with van der Waals surface area (Å²) < 4.78 is 20.9. The summed E-state index contributed by atoms with van der Waals surface area (Å²) >= 11 is 0. The van der Waals surface area contributed by atoms with Gasteiger partial charge >= 0.3 is 24.1 Å². The Hall–Kier alpha value is -3.14. The molecule has 10 nitrogen and oxygen atoms in total. The third-order valence-corrected chi connectivity index (χ3v) is 5.24. The Bertz CT molecular complexity index is 881. The number of carboxylic acid groups (broad SMARTS) is 1. The highest BCUT2D eigenvalue weighted by Crippen LogP contribution is 2.37. The van der Waals surface area contributed by atoms with E-state index >= 15 is 0 Å². The first-order valence-corrected chi connectivity index (χ1v) is 11.2. The molecule has 1 rings (SSSR count). The molecule has 0 bridgehead atoms. The van der Waals surface area contributed by atoms with Gasteiger partial charge in [0.25, 0.3) is 0 Å². The van der Waals surface area contributed by atoms with E-state index in [1.54, 1.807) is 48.5 Å². The molecular formula is C24H35NO9. The average Bonchev–Trinajstić information content (AvgIpc) is 2.74. The van der Waals surface area contributed by atoms with Crippen molar-refractivity contribution < 1.29 is 43.2 Å². The Kier molecular flexibility index (Phi) is 11.0. The molecular weight excluding hydrogens is 446 g/mol. The summed E-state index contributed by atoms with van der Waals surface area (Å²) in [6.45, 7) is 11.6. The van der Waals surface area contributed by atoms with E-state index < -0.39 is 59.9 Å². The number of esters is 2. The number of carbonyl (C=O) groups excluding carboxylic acids is 3. The highest BCUT2D eigenvalue weighted by Gasteiger charge is 2.36. The highest BCUT2D eigenvalue weighted by molar-refractivity contribution is 5.78. The van der Waals surface area contributed by atoms with Crippen molar-refractivity contribution in [1.82, 2.24) is 0 Å². The molecule has 0 spiro atoms. The number of benzene rings is 1. The summed E-state index contributed by atoms with van der Waals surface area (Å²) in [6.07, 6.45) is -1.64. The molecule has 0 aliphatic heterocycles. The minimum absolute atomic E-state index is 0.0163. The normalized spacial score (nSPS) is 14.6. The van der Waals surface area contributed by atoms with E-state index in [9.17, 15) is 24.3 Å². The summed E-state index contributed by atoms with van der Waals surface area (Å²) in [5, 5.41) is 9.62. The number of ether oxygens (including phenoxy) is 4. The summed E-state index contributed by atoms with van der Waals surface area (Å²) in [4.78, 5) is 48.0. The van der Waals surface area contributed by atoms with Gasteiger partial charge in [0.15, 0.2) is 11.5 Å². The zero-order valence-corrected chi connectivity index (χ0v) is 20.7. The second-order valence-electron chi connectivity index (χ2n) is 8.61. The van der Waals surface area contributed by atoms with Crippen molar-refractivity contribution in [3.63, 3.8) is 0 Å². The Morgan fingerprint density at radius 3 is 1.91 bits per heavy atom. The molecule has 0 aliphatic rings. The molecule has 0 saturated heterocycles. The van der Waals surface area contributed by atoms with Crippen molar-refractivity contribution in [2.24, 2.45) is 23.5 Å². The van der Waals surface area contributed by atoms with Crippen LogP contribution in [0.15, 0.2) is 18.2 Å². The lowest BCUT2D eigenvalue weighted by molar-refractivity contribution is -0.140. The first-order chi connectivity index (χ1) is 15.8. The molecule has 190 valence electrons.